The van der Waals surface area contributed by atoms with Gasteiger partial charge in [0, 0.05) is 29.8 Å². The molecule has 0 spiro atoms. The second-order valence-corrected chi connectivity index (χ2v) is 5.29. The number of aromatic nitrogens is 1. The number of amidine groups is 1. The number of benzene rings is 2. The molecule has 0 radical (unpaired) electrons. The van der Waals surface area contributed by atoms with Crippen LogP contribution in [0, 0.1) is 0 Å². The van der Waals surface area contributed by atoms with Gasteiger partial charge in [-0.2, -0.15) is 0 Å². The van der Waals surface area contributed by atoms with Crippen molar-refractivity contribution >= 4 is 22.5 Å². The van der Waals surface area contributed by atoms with Gasteiger partial charge in [0.2, 0.25) is 0 Å². The van der Waals surface area contributed by atoms with Crippen LogP contribution in [0.2, 0.25) is 0 Å². The highest BCUT2D eigenvalue weighted by Crippen LogP contribution is 2.18. The Kier molecular flexibility index (Phi) is 4.92. The molecular formula is C21H19N3. The standard InChI is InChI=1S/C21H19N3/c1-3-9-20(24-21(22-2)16-10-5-4-6-11-16)18-14-15-23-19-13-8-7-12-17(18)19/h3-15H,1-2H3/b9-3+,22-21-,24-20+. The van der Waals surface area contributed by atoms with Crippen molar-refractivity contribution in [3.63, 3.8) is 0 Å². The molecule has 0 saturated heterocycles. The van der Waals surface area contributed by atoms with Gasteiger partial charge in [0.15, 0.2) is 5.84 Å². The number of rotatable bonds is 3. The SMILES string of the molecule is C/C=C/C(=N\C(=N/C)c1ccccc1)c1ccnc2ccccc12. The molecule has 3 rings (SSSR count). The summed E-state index contributed by atoms with van der Waals surface area (Å²) >= 11 is 0. The fraction of sp³-hybridized carbons (Fsp3) is 0.0952. The maximum Gasteiger partial charge on any atom is 0.154 e. The zero-order valence-electron chi connectivity index (χ0n) is 13.8. The zero-order chi connectivity index (χ0) is 16.8. The van der Waals surface area contributed by atoms with Crippen molar-refractivity contribution in [2.45, 2.75) is 6.92 Å². The summed E-state index contributed by atoms with van der Waals surface area (Å²) in [6.07, 6.45) is 5.82. The van der Waals surface area contributed by atoms with Gasteiger partial charge in [0.05, 0.1) is 11.2 Å². The summed E-state index contributed by atoms with van der Waals surface area (Å²) in [6, 6.07) is 20.1. The summed E-state index contributed by atoms with van der Waals surface area (Å²) in [6.45, 7) is 1.99. The van der Waals surface area contributed by atoms with Crippen molar-refractivity contribution < 1.29 is 0 Å². The van der Waals surface area contributed by atoms with Crippen LogP contribution in [0.25, 0.3) is 10.9 Å². The molecule has 0 fully saturated rings. The van der Waals surface area contributed by atoms with E-state index in [1.807, 2.05) is 79.9 Å². The number of pyridine rings is 1. The minimum Gasteiger partial charge on any atom is -0.270 e. The van der Waals surface area contributed by atoms with Gasteiger partial charge >= 0.3 is 0 Å². The predicted octanol–water partition coefficient (Wildman–Crippen LogP) is 4.68. The Labute approximate surface area is 142 Å². The zero-order valence-corrected chi connectivity index (χ0v) is 13.8. The number of hydrogen-bond donors (Lipinski definition) is 0. The minimum atomic E-state index is 0.713. The summed E-state index contributed by atoms with van der Waals surface area (Å²) in [5.41, 5.74) is 3.89. The molecule has 0 unspecified atom stereocenters. The first-order valence-corrected chi connectivity index (χ1v) is 7.91. The Balaban J connectivity index is 2.16. The topological polar surface area (TPSA) is 37.6 Å². The average Bonchev–Trinajstić information content (AvgIpc) is 2.65. The molecule has 0 aliphatic rings. The molecule has 0 aliphatic carbocycles. The second kappa shape index (κ2) is 7.47. The first kappa shape index (κ1) is 15.8. The van der Waals surface area contributed by atoms with Crippen LogP contribution in [0.5, 0.6) is 0 Å². The van der Waals surface area contributed by atoms with Crippen LogP contribution in [0.4, 0.5) is 0 Å². The van der Waals surface area contributed by atoms with Crippen molar-refractivity contribution in [1.29, 1.82) is 0 Å². The molecule has 0 amide bonds. The van der Waals surface area contributed by atoms with Gasteiger partial charge < -0.3 is 0 Å². The van der Waals surface area contributed by atoms with Crippen LogP contribution >= 0.6 is 0 Å². The molecule has 3 heteroatoms. The molecule has 0 atom stereocenters. The number of hydrogen-bond acceptors (Lipinski definition) is 2. The molecule has 0 aliphatic heterocycles. The third-order valence-electron chi connectivity index (χ3n) is 3.72. The summed E-state index contributed by atoms with van der Waals surface area (Å²) in [5, 5.41) is 1.08. The van der Waals surface area contributed by atoms with E-state index in [2.05, 4.69) is 16.0 Å². The van der Waals surface area contributed by atoms with E-state index in [4.69, 9.17) is 4.99 Å². The van der Waals surface area contributed by atoms with Gasteiger partial charge in [-0.05, 0) is 25.1 Å². The lowest BCUT2D eigenvalue weighted by Crippen LogP contribution is -2.05. The van der Waals surface area contributed by atoms with E-state index >= 15 is 0 Å². The molecule has 24 heavy (non-hydrogen) atoms. The van der Waals surface area contributed by atoms with Crippen molar-refractivity contribution in [3.8, 4) is 0 Å². The van der Waals surface area contributed by atoms with Crippen LogP contribution in [0.15, 0.2) is 89.0 Å². The molecule has 0 bridgehead atoms. The Bertz CT molecular complexity index is 917. The molecule has 3 aromatic rings. The van der Waals surface area contributed by atoms with E-state index in [0.717, 1.165) is 27.7 Å². The summed E-state index contributed by atoms with van der Waals surface area (Å²) in [5.74, 6) is 0.713. The largest absolute Gasteiger partial charge is 0.270 e. The molecule has 118 valence electrons. The maximum atomic E-state index is 4.83. The lowest BCUT2D eigenvalue weighted by molar-refractivity contribution is 1.38. The van der Waals surface area contributed by atoms with Crippen molar-refractivity contribution in [1.82, 2.24) is 4.98 Å². The molecule has 2 aromatic carbocycles. The van der Waals surface area contributed by atoms with Crippen LogP contribution in [-0.4, -0.2) is 23.6 Å². The highest BCUT2D eigenvalue weighted by atomic mass is 14.9. The lowest BCUT2D eigenvalue weighted by Gasteiger charge is -2.08. The molecule has 0 N–H and O–H groups in total. The third kappa shape index (κ3) is 3.30. The van der Waals surface area contributed by atoms with Gasteiger partial charge in [-0.25, -0.2) is 4.99 Å². The van der Waals surface area contributed by atoms with Gasteiger partial charge in [-0.15, -0.1) is 0 Å². The van der Waals surface area contributed by atoms with E-state index in [1.165, 1.54) is 0 Å². The Morgan fingerprint density at radius 1 is 0.958 bits per heavy atom. The minimum absolute atomic E-state index is 0.713. The van der Waals surface area contributed by atoms with Gasteiger partial charge in [0.1, 0.15) is 0 Å². The highest BCUT2D eigenvalue weighted by molar-refractivity contribution is 6.21. The first-order chi connectivity index (χ1) is 11.8. The van der Waals surface area contributed by atoms with Crippen LogP contribution < -0.4 is 0 Å². The summed E-state index contributed by atoms with van der Waals surface area (Å²) in [7, 11) is 1.77. The van der Waals surface area contributed by atoms with E-state index in [9.17, 15) is 0 Å². The Hall–Kier alpha value is -3.07. The quantitative estimate of drug-likeness (QED) is 0.511. The second-order valence-electron chi connectivity index (χ2n) is 5.29. The molecule has 1 heterocycles. The number of allylic oxidation sites excluding steroid dienone is 2. The normalized spacial score (nSPS) is 12.9. The monoisotopic (exact) mass is 313 g/mol. The number of para-hydroxylation sites is 1. The van der Waals surface area contributed by atoms with Crippen LogP contribution in [0.3, 0.4) is 0 Å². The van der Waals surface area contributed by atoms with Crippen LogP contribution in [0.1, 0.15) is 18.1 Å². The number of nitrogens with zero attached hydrogens (tertiary/aromatic N) is 3. The van der Waals surface area contributed by atoms with E-state index in [-0.39, 0.29) is 0 Å². The molecular weight excluding hydrogens is 294 g/mol. The predicted molar refractivity (Wildman–Crippen MR) is 102 cm³/mol. The molecule has 0 saturated carbocycles. The summed E-state index contributed by atoms with van der Waals surface area (Å²) < 4.78 is 0. The number of aliphatic imine (C=N–C) groups is 2. The first-order valence-electron chi connectivity index (χ1n) is 7.91. The molecule has 1 aromatic heterocycles. The van der Waals surface area contributed by atoms with Gasteiger partial charge in [-0.1, -0.05) is 54.6 Å². The van der Waals surface area contributed by atoms with E-state index in [0.29, 0.717) is 5.84 Å². The maximum absolute atomic E-state index is 4.83. The van der Waals surface area contributed by atoms with E-state index in [1.54, 1.807) is 7.05 Å². The van der Waals surface area contributed by atoms with Gasteiger partial charge in [0.25, 0.3) is 0 Å². The fourth-order valence-corrected chi connectivity index (χ4v) is 2.61. The van der Waals surface area contributed by atoms with Crippen molar-refractivity contribution in [2.75, 3.05) is 7.05 Å². The third-order valence-corrected chi connectivity index (χ3v) is 3.72. The Morgan fingerprint density at radius 3 is 2.46 bits per heavy atom. The van der Waals surface area contributed by atoms with E-state index < -0.39 is 0 Å². The van der Waals surface area contributed by atoms with Crippen LogP contribution in [-0.2, 0) is 0 Å². The lowest BCUT2D eigenvalue weighted by atomic mass is 10.0. The van der Waals surface area contributed by atoms with Gasteiger partial charge in [-0.3, -0.25) is 9.98 Å². The summed E-state index contributed by atoms with van der Waals surface area (Å²) in [4.78, 5) is 13.6. The molecule has 3 nitrogen and oxygen atoms in total. The number of fused-ring (bicyclic) bond motifs is 1. The average molecular weight is 313 g/mol. The fourth-order valence-electron chi connectivity index (χ4n) is 2.61. The smallest absolute Gasteiger partial charge is 0.154 e. The van der Waals surface area contributed by atoms with Crippen molar-refractivity contribution in [3.05, 3.63) is 90.1 Å². The van der Waals surface area contributed by atoms with Crippen molar-refractivity contribution in [2.24, 2.45) is 9.98 Å². The highest BCUT2D eigenvalue weighted by Gasteiger charge is 2.08. The Morgan fingerprint density at radius 2 is 1.71 bits per heavy atom.